The third kappa shape index (κ3) is 5.49. The quantitative estimate of drug-likeness (QED) is 0.744. The van der Waals surface area contributed by atoms with Crippen LogP contribution < -0.4 is 11.1 Å². The first-order valence-electron chi connectivity index (χ1n) is 6.20. The van der Waals surface area contributed by atoms with E-state index in [2.05, 4.69) is 5.32 Å². The number of carbonyl (C=O) groups excluding carboxylic acids is 1. The second kappa shape index (κ2) is 6.26. The van der Waals surface area contributed by atoms with Crippen molar-refractivity contribution in [2.24, 2.45) is 5.41 Å². The molecule has 0 heterocycles. The lowest BCUT2D eigenvalue weighted by Gasteiger charge is -2.22. The number of carbonyl (C=O) groups is 1. The van der Waals surface area contributed by atoms with Crippen LogP contribution in [0, 0.1) is 5.41 Å². The van der Waals surface area contributed by atoms with Crippen LogP contribution in [0.25, 0.3) is 0 Å². The van der Waals surface area contributed by atoms with Crippen molar-refractivity contribution in [2.75, 3.05) is 12.3 Å². The third-order valence-electron chi connectivity index (χ3n) is 2.61. The fourth-order valence-electron chi connectivity index (χ4n) is 1.76. The summed E-state index contributed by atoms with van der Waals surface area (Å²) < 4.78 is 0. The first-order chi connectivity index (χ1) is 8.69. The summed E-state index contributed by atoms with van der Waals surface area (Å²) in [6.07, 6.45) is 0.0590. The minimum absolute atomic E-state index is 0.0225. The highest BCUT2D eigenvalue weighted by atomic mass is 35.5. The Hall–Kier alpha value is -1.26. The summed E-state index contributed by atoms with van der Waals surface area (Å²) in [5.74, 6) is -0.269. The van der Waals surface area contributed by atoms with Gasteiger partial charge in [0.05, 0.1) is 16.8 Å². The van der Waals surface area contributed by atoms with Gasteiger partial charge in [-0.05, 0) is 30.0 Å². The molecule has 1 rings (SSSR count). The van der Waals surface area contributed by atoms with Crippen molar-refractivity contribution < 1.29 is 9.90 Å². The zero-order valence-electron chi connectivity index (χ0n) is 11.5. The number of anilines is 1. The lowest BCUT2D eigenvalue weighted by atomic mass is 9.89. The molecule has 1 amide bonds. The number of hydrogen-bond donors (Lipinski definition) is 3. The molecular formula is C14H21ClN2O2. The van der Waals surface area contributed by atoms with Gasteiger partial charge in [0.1, 0.15) is 0 Å². The Balaban J connectivity index is 2.53. The molecule has 4 N–H and O–H groups in total. The number of aliphatic hydroxyl groups excluding tert-OH is 1. The van der Waals surface area contributed by atoms with Crippen LogP contribution in [-0.4, -0.2) is 23.7 Å². The van der Waals surface area contributed by atoms with Crippen molar-refractivity contribution in [1.82, 2.24) is 5.32 Å². The molecule has 0 aromatic heterocycles. The second-order valence-corrected chi connectivity index (χ2v) is 6.27. The molecule has 1 aromatic rings. The summed E-state index contributed by atoms with van der Waals surface area (Å²) in [6.45, 7) is 6.34. The van der Waals surface area contributed by atoms with Gasteiger partial charge in [0.25, 0.3) is 5.91 Å². The van der Waals surface area contributed by atoms with E-state index >= 15 is 0 Å². The lowest BCUT2D eigenvalue weighted by Crippen LogP contribution is -2.34. The van der Waals surface area contributed by atoms with Gasteiger partial charge in [-0.25, -0.2) is 0 Å². The molecule has 0 aliphatic heterocycles. The topological polar surface area (TPSA) is 75.3 Å². The normalized spacial score (nSPS) is 13.1. The number of nitrogens with one attached hydrogen (secondary N) is 1. The van der Waals surface area contributed by atoms with Crippen LogP contribution in [0.3, 0.4) is 0 Å². The maximum absolute atomic E-state index is 11.9. The van der Waals surface area contributed by atoms with Crippen LogP contribution >= 0.6 is 11.6 Å². The molecule has 0 aliphatic rings. The van der Waals surface area contributed by atoms with E-state index in [0.29, 0.717) is 22.7 Å². The minimum Gasteiger partial charge on any atom is -0.398 e. The van der Waals surface area contributed by atoms with Gasteiger partial charge >= 0.3 is 0 Å². The van der Waals surface area contributed by atoms with Gasteiger partial charge in [-0.1, -0.05) is 32.4 Å². The van der Waals surface area contributed by atoms with Gasteiger partial charge in [0, 0.05) is 12.1 Å². The van der Waals surface area contributed by atoms with Crippen LogP contribution in [-0.2, 0) is 0 Å². The Morgan fingerprint density at radius 1 is 1.47 bits per heavy atom. The number of aliphatic hydroxyl groups is 1. The van der Waals surface area contributed by atoms with Crippen LogP contribution in [0.1, 0.15) is 37.6 Å². The molecular weight excluding hydrogens is 264 g/mol. The number of nitrogen functional groups attached to an aromatic ring is 1. The van der Waals surface area contributed by atoms with Crippen molar-refractivity contribution >= 4 is 23.2 Å². The molecule has 0 saturated heterocycles. The Morgan fingerprint density at radius 2 is 2.11 bits per heavy atom. The summed E-state index contributed by atoms with van der Waals surface area (Å²) in [7, 11) is 0. The fraction of sp³-hybridized carbons (Fsp3) is 0.500. The number of rotatable bonds is 4. The monoisotopic (exact) mass is 284 g/mol. The molecule has 0 saturated carbocycles. The van der Waals surface area contributed by atoms with E-state index in [1.165, 1.54) is 6.07 Å². The highest BCUT2D eigenvalue weighted by Gasteiger charge is 2.17. The molecule has 1 atom stereocenters. The first-order valence-corrected chi connectivity index (χ1v) is 6.58. The average molecular weight is 285 g/mol. The van der Waals surface area contributed by atoms with Crippen molar-refractivity contribution in [2.45, 2.75) is 33.3 Å². The molecule has 0 fully saturated rings. The number of benzene rings is 1. The van der Waals surface area contributed by atoms with Crippen molar-refractivity contribution in [3.8, 4) is 0 Å². The maximum atomic E-state index is 11.9. The molecule has 19 heavy (non-hydrogen) atoms. The van der Waals surface area contributed by atoms with Crippen molar-refractivity contribution in [3.05, 3.63) is 28.8 Å². The summed E-state index contributed by atoms with van der Waals surface area (Å²) in [5.41, 5.74) is 6.47. The summed E-state index contributed by atoms with van der Waals surface area (Å²) in [4.78, 5) is 11.9. The van der Waals surface area contributed by atoms with Gasteiger partial charge in [0.15, 0.2) is 0 Å². The fourth-order valence-corrected chi connectivity index (χ4v) is 1.94. The molecule has 0 spiro atoms. The highest BCUT2D eigenvalue weighted by Crippen LogP contribution is 2.21. The smallest absolute Gasteiger partial charge is 0.251 e. The van der Waals surface area contributed by atoms with Gasteiger partial charge in [0.2, 0.25) is 0 Å². The van der Waals surface area contributed by atoms with Crippen molar-refractivity contribution in [1.29, 1.82) is 0 Å². The van der Waals surface area contributed by atoms with Crippen LogP contribution in [0.5, 0.6) is 0 Å². The van der Waals surface area contributed by atoms with E-state index in [-0.39, 0.29) is 17.9 Å². The van der Waals surface area contributed by atoms with Crippen LogP contribution in [0.2, 0.25) is 5.02 Å². The number of nitrogens with two attached hydrogens (primary N) is 1. The second-order valence-electron chi connectivity index (χ2n) is 5.86. The predicted octanol–water partition coefficient (Wildman–Crippen LogP) is 2.45. The Kier molecular flexibility index (Phi) is 5.20. The van der Waals surface area contributed by atoms with E-state index in [9.17, 15) is 9.90 Å². The lowest BCUT2D eigenvalue weighted by molar-refractivity contribution is 0.0868. The molecule has 0 radical (unpaired) electrons. The zero-order valence-corrected chi connectivity index (χ0v) is 12.3. The van der Waals surface area contributed by atoms with E-state index in [0.717, 1.165) is 0 Å². The molecule has 0 aliphatic carbocycles. The molecule has 4 nitrogen and oxygen atoms in total. The summed E-state index contributed by atoms with van der Waals surface area (Å²) in [5, 5.41) is 12.8. The van der Waals surface area contributed by atoms with E-state index in [1.54, 1.807) is 12.1 Å². The minimum atomic E-state index is -0.562. The largest absolute Gasteiger partial charge is 0.398 e. The third-order valence-corrected chi connectivity index (χ3v) is 2.94. The average Bonchev–Trinajstić information content (AvgIpc) is 2.27. The van der Waals surface area contributed by atoms with Gasteiger partial charge in [-0.15, -0.1) is 0 Å². The van der Waals surface area contributed by atoms with Crippen LogP contribution in [0.4, 0.5) is 5.69 Å². The predicted molar refractivity (Wildman–Crippen MR) is 78.3 cm³/mol. The maximum Gasteiger partial charge on any atom is 0.251 e. The van der Waals surface area contributed by atoms with E-state index < -0.39 is 6.10 Å². The molecule has 1 unspecified atom stereocenters. The number of hydrogen-bond acceptors (Lipinski definition) is 3. The zero-order chi connectivity index (χ0) is 14.6. The van der Waals surface area contributed by atoms with E-state index in [1.807, 2.05) is 20.8 Å². The molecule has 1 aromatic carbocycles. The SMILES string of the molecule is CC(C)(C)CC(O)CNC(=O)c1ccc(N)c(Cl)c1. The van der Waals surface area contributed by atoms with Gasteiger partial charge < -0.3 is 16.2 Å². The molecule has 106 valence electrons. The highest BCUT2D eigenvalue weighted by molar-refractivity contribution is 6.33. The Bertz CT molecular complexity index is 455. The number of amides is 1. The van der Waals surface area contributed by atoms with Crippen LogP contribution in [0.15, 0.2) is 18.2 Å². The summed E-state index contributed by atoms with van der Waals surface area (Å²) >= 11 is 5.85. The molecule has 0 bridgehead atoms. The van der Waals surface area contributed by atoms with Crippen molar-refractivity contribution in [3.63, 3.8) is 0 Å². The molecule has 5 heteroatoms. The van der Waals surface area contributed by atoms with Gasteiger partial charge in [-0.3, -0.25) is 4.79 Å². The Labute approximate surface area is 118 Å². The van der Waals surface area contributed by atoms with Gasteiger partial charge in [-0.2, -0.15) is 0 Å². The summed E-state index contributed by atoms with van der Waals surface area (Å²) in [6, 6.07) is 4.71. The first kappa shape index (κ1) is 15.8. The standard InChI is InChI=1S/C14H21ClN2O2/c1-14(2,3)7-10(18)8-17-13(19)9-4-5-12(16)11(15)6-9/h4-6,10,18H,7-8,16H2,1-3H3,(H,17,19). The Morgan fingerprint density at radius 3 is 2.63 bits per heavy atom. The van der Waals surface area contributed by atoms with E-state index in [4.69, 9.17) is 17.3 Å². The number of halogens is 1.